The summed E-state index contributed by atoms with van der Waals surface area (Å²) in [5, 5.41) is 6.57. The van der Waals surface area contributed by atoms with Gasteiger partial charge >= 0.3 is 5.97 Å². The molecule has 1 fully saturated rings. The maximum absolute atomic E-state index is 13.0. The predicted molar refractivity (Wildman–Crippen MR) is 125 cm³/mol. The molecule has 3 atom stereocenters. The van der Waals surface area contributed by atoms with Gasteiger partial charge in [-0.05, 0) is 23.8 Å². The van der Waals surface area contributed by atoms with Gasteiger partial charge in [0.15, 0.2) is 0 Å². The van der Waals surface area contributed by atoms with Crippen molar-refractivity contribution in [3.8, 4) is 0 Å². The molecule has 1 aliphatic rings. The summed E-state index contributed by atoms with van der Waals surface area (Å²) in [5.74, 6) is -0.293. The molecular weight excluding hydrogens is 408 g/mol. The quantitative estimate of drug-likeness (QED) is 0.406. The highest BCUT2D eigenvalue weighted by atomic mass is 35.5. The van der Waals surface area contributed by atoms with Crippen molar-refractivity contribution in [1.29, 1.82) is 0 Å². The second kappa shape index (κ2) is 9.37. The summed E-state index contributed by atoms with van der Waals surface area (Å²) >= 11 is 6.26. The van der Waals surface area contributed by atoms with Gasteiger partial charge in [-0.25, -0.2) is 0 Å². The van der Waals surface area contributed by atoms with Crippen LogP contribution in [0.15, 0.2) is 60.8 Å². The van der Waals surface area contributed by atoms with Gasteiger partial charge < -0.3 is 10.1 Å². The smallest absolute Gasteiger partial charge is 0.310 e. The van der Waals surface area contributed by atoms with Crippen LogP contribution in [0.25, 0.3) is 16.2 Å². The van der Waals surface area contributed by atoms with Crippen molar-refractivity contribution >= 4 is 28.5 Å². The summed E-state index contributed by atoms with van der Waals surface area (Å²) in [7, 11) is 0. The minimum Gasteiger partial charge on any atom is -0.656 e. The molecule has 4 rings (SSSR count). The Kier molecular flexibility index (Phi) is 6.59. The number of carbonyl (C=O) groups is 1. The highest BCUT2D eigenvalue weighted by Crippen LogP contribution is 2.42. The molecule has 2 heterocycles. The van der Waals surface area contributed by atoms with Crippen LogP contribution in [0.4, 0.5) is 0 Å². The van der Waals surface area contributed by atoms with E-state index in [0.29, 0.717) is 5.02 Å². The van der Waals surface area contributed by atoms with Gasteiger partial charge in [0.1, 0.15) is 6.10 Å². The Hall–Kier alpha value is -2.43. The van der Waals surface area contributed by atoms with Crippen LogP contribution in [-0.2, 0) is 16.0 Å². The molecule has 1 saturated heterocycles. The molecular formula is C26H28ClN2O2-. The van der Waals surface area contributed by atoms with Gasteiger partial charge in [-0.15, -0.1) is 6.54 Å². The molecule has 0 unspecified atom stereocenters. The molecule has 0 bridgehead atoms. The van der Waals surface area contributed by atoms with E-state index in [1.54, 1.807) is 12.3 Å². The second-order valence-corrected chi connectivity index (χ2v) is 9.11. The molecule has 1 aromatic heterocycles. The molecule has 0 radical (unpaired) electrons. The van der Waals surface area contributed by atoms with Gasteiger partial charge in [0.25, 0.3) is 0 Å². The zero-order valence-corrected chi connectivity index (χ0v) is 18.8. The first kappa shape index (κ1) is 21.8. The summed E-state index contributed by atoms with van der Waals surface area (Å²) in [6.07, 6.45) is 4.54. The van der Waals surface area contributed by atoms with Gasteiger partial charge in [0, 0.05) is 22.2 Å². The Morgan fingerprint density at radius 2 is 2.00 bits per heavy atom. The van der Waals surface area contributed by atoms with Crippen LogP contribution in [0.1, 0.15) is 50.3 Å². The van der Waals surface area contributed by atoms with Crippen molar-refractivity contribution in [1.82, 2.24) is 4.98 Å². The number of piperidine rings is 1. The van der Waals surface area contributed by atoms with Crippen molar-refractivity contribution in [3.05, 3.63) is 82.3 Å². The van der Waals surface area contributed by atoms with E-state index >= 15 is 0 Å². The Bertz CT molecular complexity index is 1050. The van der Waals surface area contributed by atoms with Crippen LogP contribution < -0.4 is 0 Å². The molecule has 5 heteroatoms. The van der Waals surface area contributed by atoms with E-state index in [4.69, 9.17) is 21.7 Å². The van der Waals surface area contributed by atoms with Crippen molar-refractivity contribution in [2.75, 3.05) is 6.54 Å². The monoisotopic (exact) mass is 435 g/mol. The molecule has 162 valence electrons. The lowest BCUT2D eigenvalue weighted by molar-refractivity contribution is -0.149. The number of rotatable bonds is 6. The topological polar surface area (TPSA) is 53.3 Å². The number of fused-ring (bicyclic) bond motifs is 1. The normalized spacial score (nSPS) is 22.2. The van der Waals surface area contributed by atoms with Gasteiger partial charge in [-0.3, -0.25) is 9.78 Å². The number of hydrogen-bond acceptors (Lipinski definition) is 3. The zero-order chi connectivity index (χ0) is 21.8. The number of benzene rings is 2. The Balaban J connectivity index is 1.63. The lowest BCUT2D eigenvalue weighted by Crippen LogP contribution is -2.34. The van der Waals surface area contributed by atoms with Gasteiger partial charge in [-0.1, -0.05) is 92.6 Å². The van der Waals surface area contributed by atoms with Crippen molar-refractivity contribution in [3.63, 3.8) is 0 Å². The number of pyridine rings is 1. The van der Waals surface area contributed by atoms with Crippen LogP contribution in [0, 0.1) is 5.41 Å². The summed E-state index contributed by atoms with van der Waals surface area (Å²) in [5.41, 5.74) is 2.85. The van der Waals surface area contributed by atoms with Gasteiger partial charge in [-0.2, -0.15) is 0 Å². The SMILES string of the molecule is CC[C@@]1(C)CC[C@@H]([C@H](OC(=O)Cc2ccccc2Cl)c2ccnc3ccccc23)[N-]C1. The molecule has 0 aliphatic carbocycles. The van der Waals surface area contributed by atoms with Crippen molar-refractivity contribution in [2.24, 2.45) is 5.41 Å². The van der Waals surface area contributed by atoms with Crippen molar-refractivity contribution in [2.45, 2.75) is 51.7 Å². The summed E-state index contributed by atoms with van der Waals surface area (Å²) in [6.45, 7) is 5.29. The van der Waals surface area contributed by atoms with E-state index in [1.807, 2.05) is 48.5 Å². The van der Waals surface area contributed by atoms with Gasteiger partial charge in [0.2, 0.25) is 0 Å². The number of aromatic nitrogens is 1. The largest absolute Gasteiger partial charge is 0.656 e. The van der Waals surface area contributed by atoms with Gasteiger partial charge in [0.05, 0.1) is 11.9 Å². The first-order valence-electron chi connectivity index (χ1n) is 10.9. The number of hydrogen-bond donors (Lipinski definition) is 0. The molecule has 1 aliphatic heterocycles. The molecule has 4 nitrogen and oxygen atoms in total. The summed E-state index contributed by atoms with van der Waals surface area (Å²) in [4.78, 5) is 17.4. The molecule has 0 saturated carbocycles. The van der Waals surface area contributed by atoms with Crippen LogP contribution in [0.3, 0.4) is 0 Å². The van der Waals surface area contributed by atoms with Crippen LogP contribution in [0.2, 0.25) is 5.02 Å². The highest BCUT2D eigenvalue weighted by molar-refractivity contribution is 6.31. The fourth-order valence-corrected chi connectivity index (χ4v) is 4.44. The first-order valence-corrected chi connectivity index (χ1v) is 11.3. The number of ether oxygens (including phenoxy) is 1. The van der Waals surface area contributed by atoms with Crippen LogP contribution in [-0.4, -0.2) is 23.5 Å². The number of nitrogens with zero attached hydrogens (tertiary/aromatic N) is 2. The first-order chi connectivity index (χ1) is 15.0. The number of halogens is 1. The lowest BCUT2D eigenvalue weighted by atomic mass is 9.77. The Morgan fingerprint density at radius 1 is 1.23 bits per heavy atom. The summed E-state index contributed by atoms with van der Waals surface area (Å²) in [6, 6.07) is 17.2. The minimum absolute atomic E-state index is 0.0689. The maximum Gasteiger partial charge on any atom is 0.310 e. The third-order valence-electron chi connectivity index (χ3n) is 6.49. The zero-order valence-electron chi connectivity index (χ0n) is 18.1. The van der Waals surface area contributed by atoms with E-state index in [9.17, 15) is 4.79 Å². The second-order valence-electron chi connectivity index (χ2n) is 8.71. The number of carbonyl (C=O) groups excluding carboxylic acids is 1. The number of esters is 1. The van der Waals surface area contributed by atoms with E-state index < -0.39 is 6.10 Å². The van der Waals surface area contributed by atoms with E-state index in [-0.39, 0.29) is 23.8 Å². The number of para-hydroxylation sites is 1. The average Bonchev–Trinajstić information content (AvgIpc) is 2.79. The standard InChI is InChI=1S/C26H28ClN2O2/c1-3-26(2)14-12-23(29-17-26)25(20-13-15-28-22-11-7-5-9-19(20)22)31-24(30)16-18-8-4-6-10-21(18)27/h4-11,13,15,23,25H,3,12,14,16-17H2,1-2H3/q-1/t23-,25+,26-/m0/s1. The summed E-state index contributed by atoms with van der Waals surface area (Å²) < 4.78 is 6.13. The minimum atomic E-state index is -0.440. The van der Waals surface area contributed by atoms with Crippen LogP contribution in [0.5, 0.6) is 0 Å². The third-order valence-corrected chi connectivity index (χ3v) is 6.86. The molecule has 2 aromatic carbocycles. The fourth-order valence-electron chi connectivity index (χ4n) is 4.24. The third kappa shape index (κ3) is 4.91. The molecule has 0 spiro atoms. The molecule has 31 heavy (non-hydrogen) atoms. The molecule has 3 aromatic rings. The molecule has 0 amide bonds. The van der Waals surface area contributed by atoms with E-state index in [1.165, 1.54) is 0 Å². The average molecular weight is 436 g/mol. The Labute approximate surface area is 189 Å². The highest BCUT2D eigenvalue weighted by Gasteiger charge is 2.30. The molecule has 0 N–H and O–H groups in total. The fraction of sp³-hybridized carbons (Fsp3) is 0.385. The van der Waals surface area contributed by atoms with Crippen molar-refractivity contribution < 1.29 is 9.53 Å². The van der Waals surface area contributed by atoms with E-state index in [2.05, 4.69) is 18.8 Å². The maximum atomic E-state index is 13.0. The lowest BCUT2D eigenvalue weighted by Gasteiger charge is -2.50. The van der Waals surface area contributed by atoms with Crippen LogP contribution >= 0.6 is 11.6 Å². The van der Waals surface area contributed by atoms with E-state index in [0.717, 1.165) is 47.8 Å². The predicted octanol–water partition coefficient (Wildman–Crippen LogP) is 6.67. The Morgan fingerprint density at radius 3 is 2.74 bits per heavy atom.